The Bertz CT molecular complexity index is 162. The van der Waals surface area contributed by atoms with E-state index in [4.69, 9.17) is 0 Å². The summed E-state index contributed by atoms with van der Waals surface area (Å²) >= 11 is 0. The molecule has 0 spiro atoms. The van der Waals surface area contributed by atoms with Gasteiger partial charge < -0.3 is 4.74 Å². The van der Waals surface area contributed by atoms with Gasteiger partial charge in [0.2, 0.25) is 0 Å². The van der Waals surface area contributed by atoms with Crippen LogP contribution in [0, 0.1) is 5.92 Å². The molecule has 0 N–H and O–H groups in total. The minimum Gasteiger partial charge on any atom is -0.371 e. The highest BCUT2D eigenvalue weighted by Crippen LogP contribution is 2.41. The second-order valence-electron chi connectivity index (χ2n) is 3.60. The summed E-state index contributed by atoms with van der Waals surface area (Å²) in [5.41, 5.74) is 0. The first kappa shape index (κ1) is 10.8. The summed E-state index contributed by atoms with van der Waals surface area (Å²) in [5, 5.41) is 0. The zero-order valence-corrected chi connectivity index (χ0v) is 7.49. The number of hydrogen-bond acceptors (Lipinski definition) is 1. The van der Waals surface area contributed by atoms with Crippen LogP contribution < -0.4 is 0 Å². The molecule has 1 rings (SSSR count). The fourth-order valence-corrected chi connectivity index (χ4v) is 1.61. The molecular formula is C8H12F4O. The minimum absolute atomic E-state index is 0.00238. The molecule has 0 aromatic heterocycles. The van der Waals surface area contributed by atoms with Gasteiger partial charge in [0.05, 0.1) is 5.92 Å². The van der Waals surface area contributed by atoms with Crippen molar-refractivity contribution in [3.63, 3.8) is 0 Å². The molecule has 1 fully saturated rings. The molecule has 0 amide bonds. The Morgan fingerprint density at radius 3 is 1.92 bits per heavy atom. The number of hydrogen-bond donors (Lipinski definition) is 0. The Morgan fingerprint density at radius 1 is 1.08 bits per heavy atom. The van der Waals surface area contributed by atoms with Crippen molar-refractivity contribution in [2.45, 2.75) is 38.2 Å². The van der Waals surface area contributed by atoms with Crippen LogP contribution in [-0.4, -0.2) is 24.6 Å². The smallest absolute Gasteiger partial charge is 0.271 e. The maximum atomic E-state index is 12.8. The van der Waals surface area contributed by atoms with Gasteiger partial charge in [-0.2, -0.15) is 0 Å². The Labute approximate surface area is 74.1 Å². The Hall–Kier alpha value is -0.320. The van der Waals surface area contributed by atoms with Crippen LogP contribution in [0.15, 0.2) is 0 Å². The number of rotatable bonds is 2. The quantitative estimate of drug-likeness (QED) is 0.623. The molecule has 0 aliphatic carbocycles. The van der Waals surface area contributed by atoms with Crippen LogP contribution in [0.1, 0.15) is 20.3 Å². The Balaban J connectivity index is 2.76. The molecule has 1 aliphatic heterocycles. The van der Waals surface area contributed by atoms with Gasteiger partial charge in [-0.25, -0.2) is 17.6 Å². The normalized spacial score (nSPS) is 30.9. The Kier molecular flexibility index (Phi) is 2.58. The van der Waals surface area contributed by atoms with E-state index in [1.54, 1.807) is 0 Å². The summed E-state index contributed by atoms with van der Waals surface area (Å²) in [4.78, 5) is 0. The molecule has 1 aliphatic rings. The standard InChI is InChI=1S/C8H12F4O/c1-7(9,10)5-3-4-13-6(5)8(2,11)12/h5-6H,3-4H2,1-2H3. The maximum absolute atomic E-state index is 12.8. The van der Waals surface area contributed by atoms with Gasteiger partial charge >= 0.3 is 0 Å². The molecule has 13 heavy (non-hydrogen) atoms. The van der Waals surface area contributed by atoms with Crippen molar-refractivity contribution in [2.75, 3.05) is 6.61 Å². The highest BCUT2D eigenvalue weighted by Gasteiger charge is 2.52. The third-order valence-corrected chi connectivity index (χ3v) is 2.24. The molecule has 0 saturated carbocycles. The van der Waals surface area contributed by atoms with E-state index in [-0.39, 0.29) is 13.0 Å². The van der Waals surface area contributed by atoms with Gasteiger partial charge in [0.25, 0.3) is 11.8 Å². The van der Waals surface area contributed by atoms with Gasteiger partial charge in [-0.3, -0.25) is 0 Å². The molecule has 1 heterocycles. The lowest BCUT2D eigenvalue weighted by Gasteiger charge is -2.28. The molecule has 5 heteroatoms. The van der Waals surface area contributed by atoms with E-state index in [1.807, 2.05) is 0 Å². The molecule has 2 unspecified atom stereocenters. The summed E-state index contributed by atoms with van der Waals surface area (Å²) in [6.45, 7) is 1.26. The number of ether oxygens (including phenoxy) is 1. The molecular weight excluding hydrogens is 188 g/mol. The third-order valence-electron chi connectivity index (χ3n) is 2.24. The highest BCUT2D eigenvalue weighted by molar-refractivity contribution is 4.90. The predicted molar refractivity (Wildman–Crippen MR) is 39.1 cm³/mol. The van der Waals surface area contributed by atoms with Gasteiger partial charge in [0.15, 0.2) is 0 Å². The van der Waals surface area contributed by atoms with Crippen LogP contribution in [0.2, 0.25) is 0 Å². The molecule has 78 valence electrons. The molecule has 0 radical (unpaired) electrons. The molecule has 0 aromatic carbocycles. The van der Waals surface area contributed by atoms with Gasteiger partial charge in [0.1, 0.15) is 6.10 Å². The first-order valence-electron chi connectivity index (χ1n) is 4.10. The average Bonchev–Trinajstić information content (AvgIpc) is 2.27. The lowest BCUT2D eigenvalue weighted by atomic mass is 9.92. The van der Waals surface area contributed by atoms with E-state index in [9.17, 15) is 17.6 Å². The van der Waals surface area contributed by atoms with E-state index < -0.39 is 23.9 Å². The Morgan fingerprint density at radius 2 is 1.62 bits per heavy atom. The molecule has 2 atom stereocenters. The van der Waals surface area contributed by atoms with Crippen LogP contribution in [0.4, 0.5) is 17.6 Å². The van der Waals surface area contributed by atoms with Crippen LogP contribution in [-0.2, 0) is 4.74 Å². The lowest BCUT2D eigenvalue weighted by Crippen LogP contribution is -2.42. The van der Waals surface area contributed by atoms with Gasteiger partial charge in [-0.05, 0) is 13.3 Å². The van der Waals surface area contributed by atoms with E-state index >= 15 is 0 Å². The van der Waals surface area contributed by atoms with Crippen LogP contribution in [0.25, 0.3) is 0 Å². The van der Waals surface area contributed by atoms with Gasteiger partial charge in [0, 0.05) is 13.5 Å². The van der Waals surface area contributed by atoms with Crippen molar-refractivity contribution in [1.29, 1.82) is 0 Å². The SMILES string of the molecule is CC(F)(F)C1CCOC1C(C)(F)F. The number of halogens is 4. The highest BCUT2D eigenvalue weighted by atomic mass is 19.3. The van der Waals surface area contributed by atoms with Crippen LogP contribution in [0.3, 0.4) is 0 Å². The van der Waals surface area contributed by atoms with Crippen molar-refractivity contribution in [1.82, 2.24) is 0 Å². The summed E-state index contributed by atoms with van der Waals surface area (Å²) in [5.74, 6) is -7.66. The average molecular weight is 200 g/mol. The van der Waals surface area contributed by atoms with Gasteiger partial charge in [-0.15, -0.1) is 0 Å². The summed E-state index contributed by atoms with van der Waals surface area (Å²) in [7, 11) is 0. The van der Waals surface area contributed by atoms with E-state index in [0.717, 1.165) is 0 Å². The third kappa shape index (κ3) is 2.33. The summed E-state index contributed by atoms with van der Waals surface area (Å²) < 4.78 is 55.7. The fraction of sp³-hybridized carbons (Fsp3) is 1.00. The zero-order valence-electron chi connectivity index (χ0n) is 7.49. The summed E-state index contributed by atoms with van der Waals surface area (Å²) in [6, 6.07) is 0. The molecule has 0 bridgehead atoms. The summed E-state index contributed by atoms with van der Waals surface area (Å²) in [6.07, 6.45) is -1.65. The first-order chi connectivity index (χ1) is 5.73. The van der Waals surface area contributed by atoms with Crippen molar-refractivity contribution < 1.29 is 22.3 Å². The fourth-order valence-electron chi connectivity index (χ4n) is 1.61. The predicted octanol–water partition coefficient (Wildman–Crippen LogP) is 2.70. The molecule has 1 saturated heterocycles. The van der Waals surface area contributed by atoms with Crippen LogP contribution in [0.5, 0.6) is 0 Å². The molecule has 0 aromatic rings. The number of alkyl halides is 4. The van der Waals surface area contributed by atoms with E-state index in [0.29, 0.717) is 13.8 Å². The second kappa shape index (κ2) is 3.12. The van der Waals surface area contributed by atoms with Crippen molar-refractivity contribution in [3.8, 4) is 0 Å². The monoisotopic (exact) mass is 200 g/mol. The van der Waals surface area contributed by atoms with Crippen molar-refractivity contribution in [2.24, 2.45) is 5.92 Å². The van der Waals surface area contributed by atoms with Gasteiger partial charge in [-0.1, -0.05) is 0 Å². The topological polar surface area (TPSA) is 9.23 Å². The minimum atomic E-state index is -3.19. The second-order valence-corrected chi connectivity index (χ2v) is 3.60. The zero-order chi connectivity index (χ0) is 10.3. The van der Waals surface area contributed by atoms with Crippen LogP contribution >= 0.6 is 0 Å². The van der Waals surface area contributed by atoms with Crippen molar-refractivity contribution >= 4 is 0 Å². The molecule has 1 nitrogen and oxygen atoms in total. The van der Waals surface area contributed by atoms with E-state index in [1.165, 1.54) is 0 Å². The maximum Gasteiger partial charge on any atom is 0.271 e. The largest absolute Gasteiger partial charge is 0.371 e. The lowest BCUT2D eigenvalue weighted by molar-refractivity contribution is -0.157. The van der Waals surface area contributed by atoms with Crippen molar-refractivity contribution in [3.05, 3.63) is 0 Å². The van der Waals surface area contributed by atoms with E-state index in [2.05, 4.69) is 4.74 Å². The first-order valence-corrected chi connectivity index (χ1v) is 4.10.